The molecule has 0 N–H and O–H groups in total. The monoisotopic (exact) mass is 356 g/mol. The van der Waals surface area contributed by atoms with Crippen LogP contribution in [0.3, 0.4) is 0 Å². The SMILES string of the molecule is CCOC(=O)[C@@H](CC)n1cnc2scc(-c3ccc(C)cc3)c2c1=O. The number of fused-ring (bicyclic) bond motifs is 1. The highest BCUT2D eigenvalue weighted by Crippen LogP contribution is 2.31. The van der Waals surface area contributed by atoms with Crippen LogP contribution in [0.4, 0.5) is 0 Å². The Morgan fingerprint density at radius 1 is 1.28 bits per heavy atom. The van der Waals surface area contributed by atoms with Crippen LogP contribution >= 0.6 is 11.3 Å². The lowest BCUT2D eigenvalue weighted by Crippen LogP contribution is -2.31. The zero-order valence-corrected chi connectivity index (χ0v) is 15.3. The van der Waals surface area contributed by atoms with Crippen molar-refractivity contribution in [1.29, 1.82) is 0 Å². The fraction of sp³-hybridized carbons (Fsp3) is 0.316. The topological polar surface area (TPSA) is 61.2 Å². The summed E-state index contributed by atoms with van der Waals surface area (Å²) in [6.45, 7) is 5.91. The molecule has 2 heterocycles. The van der Waals surface area contributed by atoms with Crippen LogP contribution in [0, 0.1) is 6.92 Å². The Hall–Kier alpha value is -2.47. The number of aromatic nitrogens is 2. The predicted molar refractivity (Wildman–Crippen MR) is 100 cm³/mol. The quantitative estimate of drug-likeness (QED) is 0.650. The molecule has 0 aliphatic heterocycles. The lowest BCUT2D eigenvalue weighted by atomic mass is 10.0. The van der Waals surface area contributed by atoms with Crippen LogP contribution in [0.15, 0.2) is 40.8 Å². The first kappa shape index (κ1) is 17.4. The number of ether oxygens (including phenoxy) is 1. The summed E-state index contributed by atoms with van der Waals surface area (Å²) in [6.07, 6.45) is 1.92. The van der Waals surface area contributed by atoms with Gasteiger partial charge in [0.15, 0.2) is 0 Å². The molecule has 25 heavy (non-hydrogen) atoms. The summed E-state index contributed by atoms with van der Waals surface area (Å²) in [5, 5.41) is 2.50. The third-order valence-electron chi connectivity index (χ3n) is 4.16. The Balaban J connectivity index is 2.16. The fourth-order valence-electron chi connectivity index (χ4n) is 2.83. The van der Waals surface area contributed by atoms with Crippen molar-refractivity contribution < 1.29 is 9.53 Å². The number of rotatable bonds is 5. The smallest absolute Gasteiger partial charge is 0.329 e. The Bertz CT molecular complexity index is 957. The van der Waals surface area contributed by atoms with Crippen molar-refractivity contribution >= 4 is 27.5 Å². The molecule has 0 saturated heterocycles. The molecule has 1 aromatic carbocycles. The van der Waals surface area contributed by atoms with Crippen molar-refractivity contribution in [3.05, 3.63) is 51.9 Å². The van der Waals surface area contributed by atoms with E-state index in [4.69, 9.17) is 4.74 Å². The van der Waals surface area contributed by atoms with E-state index in [2.05, 4.69) is 4.98 Å². The molecule has 0 aliphatic carbocycles. The van der Waals surface area contributed by atoms with E-state index in [0.717, 1.165) is 16.7 Å². The number of hydrogen-bond donors (Lipinski definition) is 0. The molecular weight excluding hydrogens is 336 g/mol. The number of thiophene rings is 1. The molecule has 5 nitrogen and oxygen atoms in total. The number of esters is 1. The molecule has 3 rings (SSSR count). The van der Waals surface area contributed by atoms with Gasteiger partial charge in [0.25, 0.3) is 5.56 Å². The summed E-state index contributed by atoms with van der Waals surface area (Å²) >= 11 is 1.43. The van der Waals surface area contributed by atoms with Crippen molar-refractivity contribution in [2.45, 2.75) is 33.2 Å². The van der Waals surface area contributed by atoms with Gasteiger partial charge >= 0.3 is 5.97 Å². The summed E-state index contributed by atoms with van der Waals surface area (Å²) in [5.74, 6) is -0.402. The van der Waals surface area contributed by atoms with Crippen LogP contribution in [0.2, 0.25) is 0 Å². The van der Waals surface area contributed by atoms with Crippen molar-refractivity contribution in [1.82, 2.24) is 9.55 Å². The van der Waals surface area contributed by atoms with Gasteiger partial charge in [0.05, 0.1) is 18.3 Å². The van der Waals surface area contributed by atoms with Gasteiger partial charge in [-0.2, -0.15) is 0 Å². The molecule has 0 spiro atoms. The van der Waals surface area contributed by atoms with Crippen LogP contribution in [0.25, 0.3) is 21.3 Å². The van der Waals surface area contributed by atoms with Crippen LogP contribution in [0.1, 0.15) is 31.9 Å². The van der Waals surface area contributed by atoms with E-state index in [9.17, 15) is 9.59 Å². The van der Waals surface area contributed by atoms with Crippen LogP contribution in [-0.4, -0.2) is 22.1 Å². The molecule has 0 fully saturated rings. The number of carbonyl (C=O) groups excluding carboxylic acids is 1. The van der Waals surface area contributed by atoms with E-state index in [1.165, 1.54) is 22.2 Å². The molecule has 0 amide bonds. The van der Waals surface area contributed by atoms with Gasteiger partial charge in [0.1, 0.15) is 10.9 Å². The molecule has 0 bridgehead atoms. The van der Waals surface area contributed by atoms with E-state index in [-0.39, 0.29) is 12.2 Å². The third kappa shape index (κ3) is 3.22. The summed E-state index contributed by atoms with van der Waals surface area (Å²) in [7, 11) is 0. The minimum absolute atomic E-state index is 0.207. The van der Waals surface area contributed by atoms with Crippen molar-refractivity contribution in [3.63, 3.8) is 0 Å². The van der Waals surface area contributed by atoms with Crippen molar-refractivity contribution in [2.75, 3.05) is 6.61 Å². The van der Waals surface area contributed by atoms with Gasteiger partial charge in [-0.25, -0.2) is 9.78 Å². The lowest BCUT2D eigenvalue weighted by molar-refractivity contribution is -0.147. The second-order valence-corrected chi connectivity index (χ2v) is 6.69. The number of carbonyl (C=O) groups is 1. The highest BCUT2D eigenvalue weighted by Gasteiger charge is 2.23. The molecule has 0 radical (unpaired) electrons. The Labute approximate surface area is 149 Å². The maximum atomic E-state index is 13.1. The minimum atomic E-state index is -0.657. The Morgan fingerprint density at radius 3 is 2.64 bits per heavy atom. The average molecular weight is 356 g/mol. The molecule has 2 aromatic heterocycles. The molecular formula is C19H20N2O3S. The van der Waals surface area contributed by atoms with E-state index in [1.54, 1.807) is 6.92 Å². The molecule has 0 unspecified atom stereocenters. The van der Waals surface area contributed by atoms with Crippen molar-refractivity contribution in [2.24, 2.45) is 0 Å². The zero-order chi connectivity index (χ0) is 18.0. The van der Waals surface area contributed by atoms with Crippen LogP contribution < -0.4 is 5.56 Å². The van der Waals surface area contributed by atoms with Gasteiger partial charge in [-0.15, -0.1) is 11.3 Å². The van der Waals surface area contributed by atoms with Gasteiger partial charge in [0.2, 0.25) is 0 Å². The maximum absolute atomic E-state index is 13.1. The van der Waals surface area contributed by atoms with Gasteiger partial charge < -0.3 is 4.74 Å². The fourth-order valence-corrected chi connectivity index (χ4v) is 3.74. The normalized spacial score (nSPS) is 12.3. The molecule has 130 valence electrons. The predicted octanol–water partition coefficient (Wildman–Crippen LogP) is 3.95. The first-order chi connectivity index (χ1) is 12.1. The van der Waals surface area contributed by atoms with Crippen LogP contribution in [0.5, 0.6) is 0 Å². The van der Waals surface area contributed by atoms with Gasteiger partial charge in [-0.05, 0) is 25.8 Å². The number of nitrogens with zero attached hydrogens (tertiary/aromatic N) is 2. The molecule has 0 saturated carbocycles. The lowest BCUT2D eigenvalue weighted by Gasteiger charge is -2.16. The average Bonchev–Trinajstić information content (AvgIpc) is 3.03. The first-order valence-corrected chi connectivity index (χ1v) is 9.16. The van der Waals surface area contributed by atoms with E-state index >= 15 is 0 Å². The Kier molecular flexibility index (Phi) is 4.99. The van der Waals surface area contributed by atoms with Gasteiger partial charge in [-0.1, -0.05) is 36.8 Å². The second kappa shape index (κ2) is 7.19. The Morgan fingerprint density at radius 2 is 2.00 bits per heavy atom. The van der Waals surface area contributed by atoms with Crippen LogP contribution in [-0.2, 0) is 9.53 Å². The summed E-state index contributed by atoms with van der Waals surface area (Å²) in [4.78, 5) is 30.3. The van der Waals surface area contributed by atoms with E-state index < -0.39 is 12.0 Å². The second-order valence-electron chi connectivity index (χ2n) is 5.83. The molecule has 0 aliphatic rings. The summed E-state index contributed by atoms with van der Waals surface area (Å²) in [5.41, 5.74) is 2.78. The van der Waals surface area contributed by atoms with E-state index in [1.807, 2.05) is 43.5 Å². The van der Waals surface area contributed by atoms with E-state index in [0.29, 0.717) is 16.6 Å². The molecule has 3 aromatic rings. The highest BCUT2D eigenvalue weighted by molar-refractivity contribution is 7.17. The largest absolute Gasteiger partial charge is 0.464 e. The first-order valence-electron chi connectivity index (χ1n) is 8.28. The highest BCUT2D eigenvalue weighted by atomic mass is 32.1. The summed E-state index contributed by atoms with van der Waals surface area (Å²) < 4.78 is 6.50. The van der Waals surface area contributed by atoms with Gasteiger partial charge in [0, 0.05) is 10.9 Å². The minimum Gasteiger partial charge on any atom is -0.464 e. The third-order valence-corrected chi connectivity index (χ3v) is 5.05. The van der Waals surface area contributed by atoms with Gasteiger partial charge in [-0.3, -0.25) is 9.36 Å². The zero-order valence-electron chi connectivity index (χ0n) is 14.5. The summed E-state index contributed by atoms with van der Waals surface area (Å²) in [6, 6.07) is 7.37. The number of aryl methyl sites for hydroxylation is 1. The number of hydrogen-bond acceptors (Lipinski definition) is 5. The van der Waals surface area contributed by atoms with Crippen molar-refractivity contribution in [3.8, 4) is 11.1 Å². The molecule has 6 heteroatoms. The number of benzene rings is 1. The molecule has 1 atom stereocenters. The standard InChI is InChI=1S/C19H20N2O3S/c1-4-15(19(23)24-5-2)21-11-20-17-16(18(21)22)14(10-25-17)13-8-6-12(3)7-9-13/h6-11,15H,4-5H2,1-3H3/t15-/m1/s1. The maximum Gasteiger partial charge on any atom is 0.329 e.